The SMILES string of the molecule is CCc1c(C)nc2c(c1N)CCC2. The zero-order chi connectivity index (χ0) is 9.42. The normalized spacial score (nSPS) is 14.6. The molecule has 1 aliphatic carbocycles. The van der Waals surface area contributed by atoms with Crippen molar-refractivity contribution in [3.05, 3.63) is 22.5 Å². The van der Waals surface area contributed by atoms with E-state index in [2.05, 4.69) is 18.8 Å². The number of nitrogens with two attached hydrogens (primary N) is 1. The summed E-state index contributed by atoms with van der Waals surface area (Å²) in [6.45, 7) is 4.20. The first kappa shape index (κ1) is 8.54. The Morgan fingerprint density at radius 1 is 1.38 bits per heavy atom. The molecule has 1 aromatic rings. The predicted octanol–water partition coefficient (Wildman–Crippen LogP) is 2.02. The molecule has 1 heterocycles. The minimum absolute atomic E-state index is 0.998. The van der Waals surface area contributed by atoms with Gasteiger partial charge in [0.2, 0.25) is 0 Å². The molecule has 70 valence electrons. The van der Waals surface area contributed by atoms with Crippen LogP contribution in [0.5, 0.6) is 0 Å². The number of nitrogen functional groups attached to an aromatic ring is 1. The quantitative estimate of drug-likeness (QED) is 0.711. The van der Waals surface area contributed by atoms with E-state index in [4.69, 9.17) is 5.73 Å². The molecule has 2 N–H and O–H groups in total. The Bertz CT molecular complexity index is 339. The molecule has 0 fully saturated rings. The molecule has 0 saturated carbocycles. The highest BCUT2D eigenvalue weighted by molar-refractivity contribution is 5.58. The van der Waals surface area contributed by atoms with Crippen LogP contribution < -0.4 is 5.73 Å². The summed E-state index contributed by atoms with van der Waals surface area (Å²) >= 11 is 0. The molecule has 1 aromatic heterocycles. The molecule has 0 bridgehead atoms. The van der Waals surface area contributed by atoms with Crippen molar-refractivity contribution in [3.8, 4) is 0 Å². The number of pyridine rings is 1. The number of rotatable bonds is 1. The number of hydrogen-bond acceptors (Lipinski definition) is 2. The van der Waals surface area contributed by atoms with Gasteiger partial charge in [0.15, 0.2) is 0 Å². The number of anilines is 1. The van der Waals surface area contributed by atoms with Crippen molar-refractivity contribution in [1.29, 1.82) is 0 Å². The van der Waals surface area contributed by atoms with Gasteiger partial charge < -0.3 is 5.73 Å². The standard InChI is InChI=1S/C11H16N2/c1-3-8-7(2)13-10-6-4-5-9(10)11(8)12/h3-6H2,1-2H3,(H2,12,13). The van der Waals surface area contributed by atoms with Gasteiger partial charge in [0, 0.05) is 17.1 Å². The van der Waals surface area contributed by atoms with Crippen LogP contribution in [-0.2, 0) is 19.3 Å². The third-order valence-electron chi connectivity index (χ3n) is 2.93. The number of fused-ring (bicyclic) bond motifs is 1. The van der Waals surface area contributed by atoms with Gasteiger partial charge in [-0.15, -0.1) is 0 Å². The van der Waals surface area contributed by atoms with E-state index in [0.29, 0.717) is 0 Å². The first-order valence-electron chi connectivity index (χ1n) is 5.00. The summed E-state index contributed by atoms with van der Waals surface area (Å²) in [7, 11) is 0. The van der Waals surface area contributed by atoms with Crippen molar-refractivity contribution < 1.29 is 0 Å². The lowest BCUT2D eigenvalue weighted by Gasteiger charge is -2.11. The molecule has 0 radical (unpaired) electrons. The van der Waals surface area contributed by atoms with Crippen LogP contribution in [0, 0.1) is 6.92 Å². The van der Waals surface area contributed by atoms with E-state index in [9.17, 15) is 0 Å². The third-order valence-corrected chi connectivity index (χ3v) is 2.93. The zero-order valence-electron chi connectivity index (χ0n) is 8.35. The molecular weight excluding hydrogens is 160 g/mol. The minimum atomic E-state index is 0.998. The van der Waals surface area contributed by atoms with Crippen molar-refractivity contribution in [2.24, 2.45) is 0 Å². The summed E-state index contributed by atoms with van der Waals surface area (Å²) in [6, 6.07) is 0. The fourth-order valence-corrected chi connectivity index (χ4v) is 2.23. The summed E-state index contributed by atoms with van der Waals surface area (Å²) in [4.78, 5) is 4.61. The van der Waals surface area contributed by atoms with Crippen LogP contribution in [0.2, 0.25) is 0 Å². The van der Waals surface area contributed by atoms with E-state index >= 15 is 0 Å². The summed E-state index contributed by atoms with van der Waals surface area (Å²) in [5.74, 6) is 0. The molecule has 0 unspecified atom stereocenters. The Hall–Kier alpha value is -1.05. The van der Waals surface area contributed by atoms with Crippen molar-refractivity contribution >= 4 is 5.69 Å². The van der Waals surface area contributed by atoms with Crippen LogP contribution in [0.15, 0.2) is 0 Å². The minimum Gasteiger partial charge on any atom is -0.398 e. The second kappa shape index (κ2) is 3.02. The molecule has 0 spiro atoms. The van der Waals surface area contributed by atoms with Gasteiger partial charge >= 0.3 is 0 Å². The van der Waals surface area contributed by atoms with E-state index in [1.807, 2.05) is 0 Å². The molecule has 1 aliphatic rings. The number of hydrogen-bond donors (Lipinski definition) is 1. The average Bonchev–Trinajstić information content (AvgIpc) is 2.53. The highest BCUT2D eigenvalue weighted by Crippen LogP contribution is 2.29. The van der Waals surface area contributed by atoms with E-state index in [1.54, 1.807) is 0 Å². The van der Waals surface area contributed by atoms with Crippen molar-refractivity contribution in [2.45, 2.75) is 39.5 Å². The topological polar surface area (TPSA) is 38.9 Å². The van der Waals surface area contributed by atoms with Gasteiger partial charge in [-0.05, 0) is 43.7 Å². The second-order valence-electron chi connectivity index (χ2n) is 3.72. The van der Waals surface area contributed by atoms with Crippen molar-refractivity contribution in [2.75, 3.05) is 5.73 Å². The molecule has 2 nitrogen and oxygen atoms in total. The largest absolute Gasteiger partial charge is 0.398 e. The smallest absolute Gasteiger partial charge is 0.0459 e. The Labute approximate surface area is 79.2 Å². The summed E-state index contributed by atoms with van der Waals surface area (Å²) in [6.07, 6.45) is 4.46. The lowest BCUT2D eigenvalue weighted by molar-refractivity contribution is 0.896. The monoisotopic (exact) mass is 176 g/mol. The second-order valence-corrected chi connectivity index (χ2v) is 3.72. The highest BCUT2D eigenvalue weighted by atomic mass is 14.8. The van der Waals surface area contributed by atoms with Gasteiger partial charge in [-0.3, -0.25) is 4.98 Å². The fourth-order valence-electron chi connectivity index (χ4n) is 2.23. The fraction of sp³-hybridized carbons (Fsp3) is 0.545. The maximum absolute atomic E-state index is 6.11. The maximum atomic E-state index is 6.11. The van der Waals surface area contributed by atoms with Gasteiger partial charge in [-0.1, -0.05) is 6.92 Å². The summed E-state index contributed by atoms with van der Waals surface area (Å²) in [5, 5.41) is 0. The van der Waals surface area contributed by atoms with Crippen molar-refractivity contribution in [3.63, 3.8) is 0 Å². The van der Waals surface area contributed by atoms with E-state index < -0.39 is 0 Å². The molecule has 2 heteroatoms. The van der Waals surface area contributed by atoms with Gasteiger partial charge in [0.25, 0.3) is 0 Å². The van der Waals surface area contributed by atoms with Crippen LogP contribution in [0.3, 0.4) is 0 Å². The van der Waals surface area contributed by atoms with Crippen LogP contribution >= 0.6 is 0 Å². The first-order valence-corrected chi connectivity index (χ1v) is 5.00. The van der Waals surface area contributed by atoms with Crippen LogP contribution in [0.25, 0.3) is 0 Å². The van der Waals surface area contributed by atoms with Gasteiger partial charge in [-0.2, -0.15) is 0 Å². The molecule has 0 amide bonds. The van der Waals surface area contributed by atoms with Gasteiger partial charge in [0.1, 0.15) is 0 Å². The third kappa shape index (κ3) is 1.21. The number of nitrogens with zero attached hydrogens (tertiary/aromatic N) is 1. The average molecular weight is 176 g/mol. The zero-order valence-corrected chi connectivity index (χ0v) is 8.35. The molecule has 2 rings (SSSR count). The molecule has 0 saturated heterocycles. The molecule has 13 heavy (non-hydrogen) atoms. The Morgan fingerprint density at radius 3 is 2.85 bits per heavy atom. The molecule has 0 atom stereocenters. The predicted molar refractivity (Wildman–Crippen MR) is 54.8 cm³/mol. The van der Waals surface area contributed by atoms with Gasteiger partial charge in [-0.25, -0.2) is 0 Å². The lowest BCUT2D eigenvalue weighted by Crippen LogP contribution is -2.04. The Kier molecular flexibility index (Phi) is 1.98. The van der Waals surface area contributed by atoms with Crippen LogP contribution in [-0.4, -0.2) is 4.98 Å². The van der Waals surface area contributed by atoms with Crippen molar-refractivity contribution in [1.82, 2.24) is 4.98 Å². The summed E-state index contributed by atoms with van der Waals surface area (Å²) in [5.41, 5.74) is 12.1. The molecule has 0 aromatic carbocycles. The van der Waals surface area contributed by atoms with Crippen LogP contribution in [0.1, 0.15) is 35.9 Å². The lowest BCUT2D eigenvalue weighted by atomic mass is 10.0. The molecular formula is C11H16N2. The van der Waals surface area contributed by atoms with Crippen LogP contribution in [0.4, 0.5) is 5.69 Å². The number of aryl methyl sites for hydroxylation is 2. The number of aromatic nitrogens is 1. The molecule has 0 aliphatic heterocycles. The first-order chi connectivity index (χ1) is 6.24. The highest BCUT2D eigenvalue weighted by Gasteiger charge is 2.18. The van der Waals surface area contributed by atoms with Gasteiger partial charge in [0.05, 0.1) is 0 Å². The van der Waals surface area contributed by atoms with E-state index in [-0.39, 0.29) is 0 Å². The Balaban J connectivity index is 2.62. The van der Waals surface area contributed by atoms with E-state index in [0.717, 1.165) is 30.6 Å². The maximum Gasteiger partial charge on any atom is 0.0459 e. The summed E-state index contributed by atoms with van der Waals surface area (Å²) < 4.78 is 0. The Morgan fingerprint density at radius 2 is 2.15 bits per heavy atom. The van der Waals surface area contributed by atoms with E-state index in [1.165, 1.54) is 23.2 Å².